The van der Waals surface area contributed by atoms with Crippen molar-refractivity contribution in [2.24, 2.45) is 11.5 Å². The zero-order valence-corrected chi connectivity index (χ0v) is 13.6. The summed E-state index contributed by atoms with van der Waals surface area (Å²) in [5.74, 6) is -1.37. The fourth-order valence-corrected chi connectivity index (χ4v) is 1.36. The number of hydrogen-bond donors (Lipinski definition) is 4. The Labute approximate surface area is 145 Å². The molecule has 2 aromatic rings. The van der Waals surface area contributed by atoms with Gasteiger partial charge in [-0.05, 0) is 24.3 Å². The van der Waals surface area contributed by atoms with Crippen molar-refractivity contribution < 1.29 is 36.6 Å². The van der Waals surface area contributed by atoms with Crippen molar-refractivity contribution >= 4 is 11.8 Å². The number of aromatic hydroxyl groups is 2. The second-order valence-corrected chi connectivity index (χ2v) is 3.76. The fraction of sp³-hybridized carbons (Fsp3) is 0.0625. The first-order valence-corrected chi connectivity index (χ1v) is 6.29. The normalized spacial score (nSPS) is 8.26. The Morgan fingerprint density at radius 2 is 1.04 bits per heavy atom. The second-order valence-electron chi connectivity index (χ2n) is 3.76. The molecule has 0 saturated carbocycles. The van der Waals surface area contributed by atoms with Crippen LogP contribution in [0.1, 0.15) is 27.6 Å². The van der Waals surface area contributed by atoms with E-state index in [2.05, 4.69) is 6.92 Å². The number of hydrogen-bond acceptors (Lipinski definition) is 4. The molecule has 0 aliphatic rings. The summed E-state index contributed by atoms with van der Waals surface area (Å²) in [6.07, 6.45) is 0. The summed E-state index contributed by atoms with van der Waals surface area (Å²) in [5.41, 5.74) is 10.1. The predicted molar refractivity (Wildman–Crippen MR) is 84.3 cm³/mol. The number of primary amides is 2. The molecule has 6 N–H and O–H groups in total. The zero-order chi connectivity index (χ0) is 17.1. The molecular formula is C16H19CoN2O4-. The molecule has 2 aromatic carbocycles. The number of rotatable bonds is 2. The van der Waals surface area contributed by atoms with E-state index in [9.17, 15) is 9.59 Å². The summed E-state index contributed by atoms with van der Waals surface area (Å²) in [5, 5.41) is 18.0. The van der Waals surface area contributed by atoms with E-state index in [1.54, 1.807) is 31.2 Å². The summed E-state index contributed by atoms with van der Waals surface area (Å²) in [4.78, 5) is 21.0. The molecule has 0 spiro atoms. The number of benzene rings is 2. The van der Waals surface area contributed by atoms with E-state index < -0.39 is 11.8 Å². The van der Waals surface area contributed by atoms with Crippen molar-refractivity contribution in [2.45, 2.75) is 6.92 Å². The van der Waals surface area contributed by atoms with Gasteiger partial charge in [-0.2, -0.15) is 6.92 Å². The van der Waals surface area contributed by atoms with Gasteiger partial charge in [0.05, 0.1) is 11.1 Å². The van der Waals surface area contributed by atoms with Crippen LogP contribution in [0.5, 0.6) is 11.5 Å². The molecule has 23 heavy (non-hydrogen) atoms. The molecule has 0 aliphatic carbocycles. The maximum atomic E-state index is 10.5. The van der Waals surface area contributed by atoms with Gasteiger partial charge in [0.2, 0.25) is 0 Å². The zero-order valence-electron chi connectivity index (χ0n) is 12.5. The first kappa shape index (κ1) is 22.8. The molecule has 0 atom stereocenters. The van der Waals surface area contributed by atoms with Crippen LogP contribution < -0.4 is 11.5 Å². The number of carbonyl (C=O) groups is 2. The number of carbonyl (C=O) groups excluding carboxylic acids is 2. The van der Waals surface area contributed by atoms with E-state index >= 15 is 0 Å². The van der Waals surface area contributed by atoms with Crippen LogP contribution >= 0.6 is 0 Å². The molecule has 0 heterocycles. The Morgan fingerprint density at radius 1 is 0.783 bits per heavy atom. The molecule has 127 valence electrons. The minimum Gasteiger partial charge on any atom is -0.507 e. The molecule has 0 aromatic heterocycles. The van der Waals surface area contributed by atoms with Crippen molar-refractivity contribution in [2.75, 3.05) is 0 Å². The van der Waals surface area contributed by atoms with Gasteiger partial charge < -0.3 is 28.6 Å². The predicted octanol–water partition coefficient (Wildman–Crippen LogP) is 1.82. The summed E-state index contributed by atoms with van der Waals surface area (Å²) >= 11 is 0. The van der Waals surface area contributed by atoms with Crippen LogP contribution in [-0.4, -0.2) is 22.0 Å². The third kappa shape index (κ3) is 7.89. The summed E-state index contributed by atoms with van der Waals surface area (Å²) in [6.45, 7) is 5.00. The van der Waals surface area contributed by atoms with E-state index in [0.29, 0.717) is 0 Å². The van der Waals surface area contributed by atoms with E-state index in [-0.39, 0.29) is 39.4 Å². The minimum atomic E-state index is -0.613. The SMILES string of the molecule is NC(=O)c1ccccc1O.NC(=O)c1ccccc1O.[CH2-]C.[Co]. The van der Waals surface area contributed by atoms with Crippen molar-refractivity contribution in [3.05, 3.63) is 66.6 Å². The molecule has 1 radical (unpaired) electrons. The Hall–Kier alpha value is -2.51. The Bertz CT molecular complexity index is 577. The molecule has 0 saturated heterocycles. The second kappa shape index (κ2) is 12.1. The smallest absolute Gasteiger partial charge is 0.252 e. The molecule has 6 nitrogen and oxygen atoms in total. The third-order valence-corrected chi connectivity index (χ3v) is 2.34. The summed E-state index contributed by atoms with van der Waals surface area (Å²) in [7, 11) is 0. The first-order chi connectivity index (χ1) is 10.4. The van der Waals surface area contributed by atoms with E-state index in [4.69, 9.17) is 21.7 Å². The van der Waals surface area contributed by atoms with Gasteiger partial charge in [0.1, 0.15) is 11.5 Å². The Kier molecular flexibility index (Phi) is 11.9. The van der Waals surface area contributed by atoms with Crippen molar-refractivity contribution in [1.29, 1.82) is 0 Å². The van der Waals surface area contributed by atoms with Gasteiger partial charge in [-0.25, -0.2) is 0 Å². The van der Waals surface area contributed by atoms with Gasteiger partial charge in [0, 0.05) is 16.8 Å². The van der Waals surface area contributed by atoms with E-state index in [0.717, 1.165) is 0 Å². The van der Waals surface area contributed by atoms with Gasteiger partial charge in [0.25, 0.3) is 11.8 Å². The molecular weight excluding hydrogens is 343 g/mol. The first-order valence-electron chi connectivity index (χ1n) is 6.29. The van der Waals surface area contributed by atoms with Crippen molar-refractivity contribution in [3.8, 4) is 11.5 Å². The van der Waals surface area contributed by atoms with Gasteiger partial charge in [0.15, 0.2) is 0 Å². The van der Waals surface area contributed by atoms with Gasteiger partial charge >= 0.3 is 0 Å². The standard InChI is InChI=1S/2C7H7NO2.C2H5.Co/c2*8-7(10)5-3-1-2-4-6(5)9;1-2;/h2*1-4,9H,(H2,8,10);1H2,2H3;/q;;-1;. The van der Waals surface area contributed by atoms with Gasteiger partial charge in [-0.1, -0.05) is 24.3 Å². The minimum absolute atomic E-state index is 0. The van der Waals surface area contributed by atoms with E-state index in [1.807, 2.05) is 0 Å². The number of amides is 2. The third-order valence-electron chi connectivity index (χ3n) is 2.34. The van der Waals surface area contributed by atoms with Crippen LogP contribution in [0.3, 0.4) is 0 Å². The van der Waals surface area contributed by atoms with Gasteiger partial charge in [-0.3, -0.25) is 9.59 Å². The molecule has 0 bridgehead atoms. The summed E-state index contributed by atoms with van der Waals surface area (Å²) in [6, 6.07) is 12.3. The molecule has 2 rings (SSSR count). The summed E-state index contributed by atoms with van der Waals surface area (Å²) < 4.78 is 0. The molecule has 0 aliphatic heterocycles. The molecule has 7 heteroatoms. The average molecular weight is 362 g/mol. The Morgan fingerprint density at radius 3 is 1.22 bits per heavy atom. The maximum Gasteiger partial charge on any atom is 0.252 e. The van der Waals surface area contributed by atoms with Crippen molar-refractivity contribution in [1.82, 2.24) is 0 Å². The molecule has 0 unspecified atom stereocenters. The average Bonchev–Trinajstić information content (AvgIpc) is 2.50. The van der Waals surface area contributed by atoms with Crippen LogP contribution in [0.25, 0.3) is 0 Å². The number of para-hydroxylation sites is 2. The topological polar surface area (TPSA) is 127 Å². The molecule has 2 amide bonds. The van der Waals surface area contributed by atoms with Crippen LogP contribution in [0.4, 0.5) is 0 Å². The monoisotopic (exact) mass is 362 g/mol. The van der Waals surface area contributed by atoms with Crippen LogP contribution in [0.15, 0.2) is 48.5 Å². The molecule has 0 fully saturated rings. The van der Waals surface area contributed by atoms with Crippen molar-refractivity contribution in [3.63, 3.8) is 0 Å². The van der Waals surface area contributed by atoms with Crippen LogP contribution in [0, 0.1) is 6.92 Å². The number of nitrogens with two attached hydrogens (primary N) is 2. The quantitative estimate of drug-likeness (QED) is 0.608. The van der Waals surface area contributed by atoms with Crippen LogP contribution in [0.2, 0.25) is 0 Å². The largest absolute Gasteiger partial charge is 0.507 e. The van der Waals surface area contributed by atoms with Crippen LogP contribution in [-0.2, 0) is 16.8 Å². The van der Waals surface area contributed by atoms with Gasteiger partial charge in [-0.15, -0.1) is 0 Å². The Balaban J connectivity index is 0. The maximum absolute atomic E-state index is 10.5. The van der Waals surface area contributed by atoms with E-state index in [1.165, 1.54) is 24.3 Å². The fourth-order valence-electron chi connectivity index (χ4n) is 1.36. The number of phenols is 2.